The number of alkyl halides is 3. The van der Waals surface area contributed by atoms with E-state index < -0.39 is 48.2 Å². The minimum atomic E-state index is -4.72. The van der Waals surface area contributed by atoms with Crippen LogP contribution in [0.5, 0.6) is 0 Å². The van der Waals surface area contributed by atoms with Gasteiger partial charge in [-0.3, -0.25) is 9.69 Å². The number of hydrogen-bond donors (Lipinski definition) is 2. The number of aryl methyl sites for hydroxylation is 1. The van der Waals surface area contributed by atoms with Crippen LogP contribution < -0.4 is 9.80 Å². The summed E-state index contributed by atoms with van der Waals surface area (Å²) in [7, 11) is 0. The van der Waals surface area contributed by atoms with Crippen LogP contribution in [-0.4, -0.2) is 69.9 Å². The van der Waals surface area contributed by atoms with E-state index in [-0.39, 0.29) is 41.4 Å². The summed E-state index contributed by atoms with van der Waals surface area (Å²) < 4.78 is 54.2. The highest BCUT2D eigenvalue weighted by molar-refractivity contribution is 6.31. The van der Waals surface area contributed by atoms with E-state index in [0.717, 1.165) is 21.9 Å². The fraction of sp³-hybridized carbons (Fsp3) is 0.435. The lowest BCUT2D eigenvalue weighted by atomic mass is 10.1. The van der Waals surface area contributed by atoms with Gasteiger partial charge in [0.05, 0.1) is 36.4 Å². The number of rotatable bonds is 7. The van der Waals surface area contributed by atoms with E-state index in [2.05, 4.69) is 4.98 Å². The van der Waals surface area contributed by atoms with Crippen molar-refractivity contribution in [2.45, 2.75) is 44.1 Å². The van der Waals surface area contributed by atoms with Crippen molar-refractivity contribution in [1.29, 1.82) is 0 Å². The van der Waals surface area contributed by atoms with Gasteiger partial charge in [0.15, 0.2) is 0 Å². The van der Waals surface area contributed by atoms with Crippen LogP contribution in [0.1, 0.15) is 24.1 Å². The molecule has 1 aliphatic carbocycles. The molecule has 2 aromatic rings. The smallest absolute Gasteiger partial charge is 0.394 e. The van der Waals surface area contributed by atoms with Gasteiger partial charge in [0.2, 0.25) is 0 Å². The van der Waals surface area contributed by atoms with Gasteiger partial charge in [-0.05, 0) is 50.1 Å². The third-order valence-electron chi connectivity index (χ3n) is 5.95. The van der Waals surface area contributed by atoms with Gasteiger partial charge in [0, 0.05) is 17.4 Å². The first-order valence-corrected chi connectivity index (χ1v) is 11.5. The van der Waals surface area contributed by atoms with Gasteiger partial charge in [-0.1, -0.05) is 11.6 Å². The van der Waals surface area contributed by atoms with Crippen molar-refractivity contribution >= 4 is 35.0 Å². The highest BCUT2D eigenvalue weighted by Crippen LogP contribution is 2.37. The number of urea groups is 1. The van der Waals surface area contributed by atoms with Gasteiger partial charge >= 0.3 is 12.2 Å². The van der Waals surface area contributed by atoms with Crippen LogP contribution in [0.3, 0.4) is 0 Å². The normalized spacial score (nSPS) is 19.1. The number of pyridine rings is 1. The molecule has 0 bridgehead atoms. The van der Waals surface area contributed by atoms with Crippen molar-refractivity contribution in [3.05, 3.63) is 52.4 Å². The Balaban J connectivity index is 1.76. The number of β-amino-alcohol motifs (C(OH)–C–C–N with tert-alkyl or cyclic N) is 1. The molecule has 13 heteroatoms. The number of anilines is 2. The molecule has 1 saturated heterocycles. The van der Waals surface area contributed by atoms with Crippen LogP contribution >= 0.6 is 11.6 Å². The maximum atomic E-state index is 13.8. The molecule has 2 heterocycles. The molecule has 1 aromatic heterocycles. The van der Waals surface area contributed by atoms with Crippen LogP contribution in [0.25, 0.3) is 0 Å². The van der Waals surface area contributed by atoms with Crippen LogP contribution in [0.2, 0.25) is 5.02 Å². The lowest BCUT2D eigenvalue weighted by molar-refractivity contribution is -0.137. The molecule has 194 valence electrons. The fourth-order valence-corrected chi connectivity index (χ4v) is 4.32. The minimum Gasteiger partial charge on any atom is -0.394 e. The summed E-state index contributed by atoms with van der Waals surface area (Å²) in [6.07, 6.45) is -4.77. The summed E-state index contributed by atoms with van der Waals surface area (Å²) in [6, 6.07) is 2.83. The molecule has 1 unspecified atom stereocenters. The zero-order valence-corrected chi connectivity index (χ0v) is 19.8. The molecule has 2 N–H and O–H groups in total. The minimum absolute atomic E-state index is 0.0166. The Morgan fingerprint density at radius 1 is 1.28 bits per heavy atom. The second-order valence-corrected chi connectivity index (χ2v) is 9.21. The summed E-state index contributed by atoms with van der Waals surface area (Å²) in [5.74, 6) is -1.68. The second-order valence-electron chi connectivity index (χ2n) is 8.80. The van der Waals surface area contributed by atoms with E-state index in [0.29, 0.717) is 18.9 Å². The van der Waals surface area contributed by atoms with Crippen molar-refractivity contribution < 1.29 is 37.4 Å². The number of aliphatic hydroxyl groups is 2. The zero-order valence-electron chi connectivity index (χ0n) is 19.0. The number of hydrogen-bond acceptors (Lipinski definition) is 5. The average molecular weight is 531 g/mol. The number of aliphatic hydroxyl groups excluding tert-OH is 2. The predicted octanol–water partition coefficient (Wildman–Crippen LogP) is 3.36. The van der Waals surface area contributed by atoms with E-state index in [1.807, 2.05) is 0 Å². The fourth-order valence-electron chi connectivity index (χ4n) is 4.15. The quantitative estimate of drug-likeness (QED) is 0.535. The Kier molecular flexibility index (Phi) is 7.13. The maximum Gasteiger partial charge on any atom is 0.416 e. The summed E-state index contributed by atoms with van der Waals surface area (Å²) in [5.41, 5.74) is -0.775. The number of carbonyl (C=O) groups excluding carboxylic acids is 2. The molecule has 8 nitrogen and oxygen atoms in total. The van der Waals surface area contributed by atoms with E-state index in [1.54, 1.807) is 0 Å². The third-order valence-corrected chi connectivity index (χ3v) is 6.24. The van der Waals surface area contributed by atoms with Gasteiger partial charge < -0.3 is 20.0 Å². The molecule has 1 aliphatic heterocycles. The first kappa shape index (κ1) is 26.1. The number of benzene rings is 1. The molecule has 36 heavy (non-hydrogen) atoms. The summed E-state index contributed by atoms with van der Waals surface area (Å²) in [5, 5.41) is 18.9. The molecule has 2 aliphatic rings. The van der Waals surface area contributed by atoms with Crippen LogP contribution in [0.4, 0.5) is 33.9 Å². The largest absolute Gasteiger partial charge is 0.416 e. The van der Waals surface area contributed by atoms with E-state index in [9.17, 15) is 37.4 Å². The van der Waals surface area contributed by atoms with Gasteiger partial charge in [-0.25, -0.2) is 14.2 Å². The van der Waals surface area contributed by atoms with E-state index in [1.165, 1.54) is 24.0 Å². The van der Waals surface area contributed by atoms with Crippen molar-refractivity contribution in [3.8, 4) is 0 Å². The highest BCUT2D eigenvalue weighted by atomic mass is 35.5. The van der Waals surface area contributed by atoms with Gasteiger partial charge in [0.1, 0.15) is 17.7 Å². The maximum absolute atomic E-state index is 13.8. The molecule has 2 fully saturated rings. The van der Waals surface area contributed by atoms with E-state index in [4.69, 9.17) is 11.6 Å². The molecule has 0 radical (unpaired) electrons. The third kappa shape index (κ3) is 5.25. The molecule has 2 atom stereocenters. The molecule has 0 spiro atoms. The van der Waals surface area contributed by atoms with Crippen molar-refractivity contribution in [2.75, 3.05) is 29.5 Å². The Labute approximate surface area is 208 Å². The number of halogens is 5. The van der Waals surface area contributed by atoms with Gasteiger partial charge in [0.25, 0.3) is 5.91 Å². The molecule has 1 aromatic carbocycles. The lowest BCUT2D eigenvalue weighted by Gasteiger charge is -2.29. The first-order chi connectivity index (χ1) is 16.9. The van der Waals surface area contributed by atoms with E-state index >= 15 is 0 Å². The van der Waals surface area contributed by atoms with Crippen molar-refractivity contribution in [1.82, 2.24) is 9.88 Å². The number of amides is 3. The molecule has 4 rings (SSSR count). The summed E-state index contributed by atoms with van der Waals surface area (Å²) >= 11 is 5.92. The van der Waals surface area contributed by atoms with Crippen LogP contribution in [0, 0.1) is 12.7 Å². The van der Waals surface area contributed by atoms with Crippen molar-refractivity contribution in [3.63, 3.8) is 0 Å². The number of carbonyl (C=O) groups is 2. The zero-order chi connectivity index (χ0) is 26.4. The van der Waals surface area contributed by atoms with Crippen LogP contribution in [-0.2, 0) is 11.0 Å². The second kappa shape index (κ2) is 9.83. The first-order valence-electron chi connectivity index (χ1n) is 11.1. The average Bonchev–Trinajstić information content (AvgIpc) is 3.58. The summed E-state index contributed by atoms with van der Waals surface area (Å²) in [6.45, 7) is 0.0508. The topological polar surface area (TPSA) is 97.2 Å². The number of nitrogens with zero attached hydrogens (tertiary/aromatic N) is 4. The Hall–Kier alpha value is -2.96. The predicted molar refractivity (Wildman–Crippen MR) is 122 cm³/mol. The van der Waals surface area contributed by atoms with Gasteiger partial charge in [-0.2, -0.15) is 13.2 Å². The number of aromatic nitrogens is 1. The molecular weight excluding hydrogens is 508 g/mol. The lowest BCUT2D eigenvalue weighted by Crippen LogP contribution is -2.49. The Morgan fingerprint density at radius 3 is 2.56 bits per heavy atom. The highest BCUT2D eigenvalue weighted by Gasteiger charge is 2.48. The van der Waals surface area contributed by atoms with Crippen LogP contribution in [0.15, 0.2) is 30.3 Å². The summed E-state index contributed by atoms with van der Waals surface area (Å²) in [4.78, 5) is 34.5. The standard InChI is InChI=1S/C23H23ClF4N4O4/c1-12-6-13(23(26,27)28)7-20(29-12)32-19(10-30(22(32)36)9-16(34)11-33)21(35)31(14-2-3-14)15-4-5-18(25)17(24)8-15/h4-8,14,16,19,33-34H,2-3,9-11H2,1H3/t16?,19-/m0/s1. The molecular formula is C23H23ClF4N4O4. The molecule has 3 amide bonds. The molecule has 1 saturated carbocycles. The van der Waals surface area contributed by atoms with Gasteiger partial charge in [-0.15, -0.1) is 0 Å². The van der Waals surface area contributed by atoms with Crippen molar-refractivity contribution in [2.24, 2.45) is 0 Å². The Morgan fingerprint density at radius 2 is 1.97 bits per heavy atom. The Bertz CT molecular complexity index is 1180. The SMILES string of the molecule is Cc1cc(C(F)(F)F)cc(N2C(=O)N(CC(O)CO)C[C@H]2C(=O)N(c2ccc(F)c(Cl)c2)C2CC2)n1. The monoisotopic (exact) mass is 530 g/mol.